The third-order valence-electron chi connectivity index (χ3n) is 2.92. The number of carbonyl (C=O) groups is 2. The Labute approximate surface area is 121 Å². The van der Waals surface area contributed by atoms with E-state index in [1.807, 2.05) is 24.3 Å². The molecule has 1 unspecified atom stereocenters. The Balaban J connectivity index is 2.34. The normalized spacial score (nSPS) is 11.9. The minimum atomic E-state index is -0.866. The quantitative estimate of drug-likeness (QED) is 0.808. The molecular formula is C14H18BrNO3. The molecule has 0 saturated carbocycles. The fraction of sp³-hybridized carbons (Fsp3) is 0.429. The molecule has 1 amide bonds. The molecule has 0 aliphatic heterocycles. The lowest BCUT2D eigenvalue weighted by molar-refractivity contribution is -0.141. The Morgan fingerprint density at radius 2 is 2.16 bits per heavy atom. The minimum absolute atomic E-state index is 0.111. The zero-order valence-corrected chi connectivity index (χ0v) is 12.4. The summed E-state index contributed by atoms with van der Waals surface area (Å²) in [6.45, 7) is 2.00. The molecule has 0 aliphatic rings. The van der Waals surface area contributed by atoms with E-state index in [2.05, 4.69) is 21.2 Å². The van der Waals surface area contributed by atoms with E-state index in [9.17, 15) is 9.59 Å². The van der Waals surface area contributed by atoms with Crippen molar-refractivity contribution in [1.82, 2.24) is 5.32 Å². The van der Waals surface area contributed by atoms with Gasteiger partial charge < -0.3 is 10.4 Å². The van der Waals surface area contributed by atoms with Crippen molar-refractivity contribution < 1.29 is 14.7 Å². The SMILES string of the molecule is CCC(CNC(=O)CCc1cccc(Br)c1)C(=O)O. The number of carbonyl (C=O) groups excluding carboxylic acids is 1. The summed E-state index contributed by atoms with van der Waals surface area (Å²) < 4.78 is 0.988. The van der Waals surface area contributed by atoms with Gasteiger partial charge in [-0.05, 0) is 30.5 Å². The smallest absolute Gasteiger partial charge is 0.308 e. The second-order valence-corrected chi connectivity index (χ2v) is 5.29. The van der Waals surface area contributed by atoms with Gasteiger partial charge >= 0.3 is 5.97 Å². The maximum atomic E-state index is 11.6. The number of carboxylic acids is 1. The van der Waals surface area contributed by atoms with Gasteiger partial charge in [0.15, 0.2) is 0 Å². The van der Waals surface area contributed by atoms with E-state index in [-0.39, 0.29) is 12.5 Å². The predicted octanol–water partition coefficient (Wildman–Crippen LogP) is 2.61. The Morgan fingerprint density at radius 3 is 2.74 bits per heavy atom. The average molecular weight is 328 g/mol. The highest BCUT2D eigenvalue weighted by atomic mass is 79.9. The lowest BCUT2D eigenvalue weighted by Crippen LogP contribution is -2.32. The van der Waals surface area contributed by atoms with Gasteiger partial charge in [0.2, 0.25) is 5.91 Å². The number of carboxylic acid groups (broad SMARTS) is 1. The Bertz CT molecular complexity index is 448. The molecule has 5 heteroatoms. The summed E-state index contributed by atoms with van der Waals surface area (Å²) in [4.78, 5) is 22.4. The van der Waals surface area contributed by atoms with Gasteiger partial charge in [0.25, 0.3) is 0 Å². The van der Waals surface area contributed by atoms with Crippen molar-refractivity contribution in [2.24, 2.45) is 5.92 Å². The molecule has 0 bridgehead atoms. The third kappa shape index (κ3) is 5.87. The van der Waals surface area contributed by atoms with Gasteiger partial charge in [-0.15, -0.1) is 0 Å². The van der Waals surface area contributed by atoms with Crippen LogP contribution in [0.2, 0.25) is 0 Å². The summed E-state index contributed by atoms with van der Waals surface area (Å²) in [5.74, 6) is -1.48. The topological polar surface area (TPSA) is 66.4 Å². The summed E-state index contributed by atoms with van der Waals surface area (Å²) in [6, 6.07) is 7.79. The van der Waals surface area contributed by atoms with E-state index < -0.39 is 11.9 Å². The van der Waals surface area contributed by atoms with E-state index >= 15 is 0 Å². The molecule has 0 radical (unpaired) electrons. The standard InChI is InChI=1S/C14H18BrNO3/c1-2-11(14(18)19)9-16-13(17)7-6-10-4-3-5-12(15)8-10/h3-5,8,11H,2,6-7,9H2,1H3,(H,16,17)(H,18,19). The average Bonchev–Trinajstić information content (AvgIpc) is 2.37. The maximum absolute atomic E-state index is 11.6. The van der Waals surface area contributed by atoms with Crippen molar-refractivity contribution in [2.45, 2.75) is 26.2 Å². The van der Waals surface area contributed by atoms with Crippen molar-refractivity contribution in [1.29, 1.82) is 0 Å². The Kier molecular flexibility index (Phi) is 6.56. The molecule has 1 aromatic carbocycles. The van der Waals surface area contributed by atoms with Crippen LogP contribution in [0, 0.1) is 5.92 Å². The van der Waals surface area contributed by atoms with Crippen molar-refractivity contribution in [3.8, 4) is 0 Å². The van der Waals surface area contributed by atoms with Crippen LogP contribution >= 0.6 is 15.9 Å². The number of amides is 1. The molecule has 2 N–H and O–H groups in total. The molecule has 1 rings (SSSR count). The van der Waals surface area contributed by atoms with Crippen LogP contribution in [0.25, 0.3) is 0 Å². The monoisotopic (exact) mass is 327 g/mol. The molecule has 1 atom stereocenters. The van der Waals surface area contributed by atoms with Crippen LogP contribution in [-0.4, -0.2) is 23.5 Å². The zero-order valence-electron chi connectivity index (χ0n) is 10.9. The van der Waals surface area contributed by atoms with Crippen molar-refractivity contribution in [3.63, 3.8) is 0 Å². The number of rotatable bonds is 7. The largest absolute Gasteiger partial charge is 0.481 e. The molecular weight excluding hydrogens is 310 g/mol. The first kappa shape index (κ1) is 15.7. The number of hydrogen-bond acceptors (Lipinski definition) is 2. The van der Waals surface area contributed by atoms with Crippen LogP contribution < -0.4 is 5.32 Å². The summed E-state index contributed by atoms with van der Waals surface area (Å²) in [6.07, 6.45) is 1.53. The summed E-state index contributed by atoms with van der Waals surface area (Å²) >= 11 is 3.38. The molecule has 0 heterocycles. The van der Waals surface area contributed by atoms with Crippen LogP contribution in [0.1, 0.15) is 25.3 Å². The molecule has 0 saturated heterocycles. The predicted molar refractivity (Wildman–Crippen MR) is 76.9 cm³/mol. The number of hydrogen-bond donors (Lipinski definition) is 2. The van der Waals surface area contributed by atoms with Crippen molar-refractivity contribution in [3.05, 3.63) is 34.3 Å². The lowest BCUT2D eigenvalue weighted by Gasteiger charge is -2.11. The van der Waals surface area contributed by atoms with E-state index in [4.69, 9.17) is 5.11 Å². The van der Waals surface area contributed by atoms with Gasteiger partial charge in [0, 0.05) is 17.4 Å². The number of halogens is 1. The first-order valence-electron chi connectivity index (χ1n) is 6.27. The molecule has 0 fully saturated rings. The van der Waals surface area contributed by atoms with Crippen molar-refractivity contribution in [2.75, 3.05) is 6.54 Å². The molecule has 104 valence electrons. The van der Waals surface area contributed by atoms with Gasteiger partial charge in [-0.25, -0.2) is 0 Å². The second-order valence-electron chi connectivity index (χ2n) is 4.38. The highest BCUT2D eigenvalue weighted by molar-refractivity contribution is 9.10. The van der Waals surface area contributed by atoms with E-state index in [0.29, 0.717) is 19.3 Å². The summed E-state index contributed by atoms with van der Waals surface area (Å²) in [5.41, 5.74) is 1.08. The van der Waals surface area contributed by atoms with Crippen LogP contribution in [-0.2, 0) is 16.0 Å². The number of nitrogens with one attached hydrogen (secondary N) is 1. The van der Waals surface area contributed by atoms with Crippen molar-refractivity contribution >= 4 is 27.8 Å². The first-order chi connectivity index (χ1) is 9.02. The second kappa shape index (κ2) is 7.94. The number of aryl methyl sites for hydroxylation is 1. The number of aliphatic carboxylic acids is 1. The maximum Gasteiger partial charge on any atom is 0.308 e. The van der Waals surface area contributed by atoms with E-state index in [0.717, 1.165) is 10.0 Å². The van der Waals surface area contributed by atoms with Crippen LogP contribution in [0.4, 0.5) is 0 Å². The van der Waals surface area contributed by atoms with Crippen LogP contribution in [0.5, 0.6) is 0 Å². The van der Waals surface area contributed by atoms with Gasteiger partial charge in [-0.3, -0.25) is 9.59 Å². The Hall–Kier alpha value is -1.36. The molecule has 19 heavy (non-hydrogen) atoms. The van der Waals surface area contributed by atoms with Gasteiger partial charge in [-0.2, -0.15) is 0 Å². The fourth-order valence-electron chi connectivity index (χ4n) is 1.68. The summed E-state index contributed by atoms with van der Waals surface area (Å²) in [7, 11) is 0. The van der Waals surface area contributed by atoms with E-state index in [1.165, 1.54) is 0 Å². The zero-order chi connectivity index (χ0) is 14.3. The van der Waals surface area contributed by atoms with Crippen LogP contribution in [0.15, 0.2) is 28.7 Å². The van der Waals surface area contributed by atoms with Gasteiger partial charge in [0.1, 0.15) is 0 Å². The van der Waals surface area contributed by atoms with Gasteiger partial charge in [-0.1, -0.05) is 35.0 Å². The fourth-order valence-corrected chi connectivity index (χ4v) is 2.13. The summed E-state index contributed by atoms with van der Waals surface area (Å²) in [5, 5.41) is 11.5. The minimum Gasteiger partial charge on any atom is -0.481 e. The van der Waals surface area contributed by atoms with E-state index in [1.54, 1.807) is 6.92 Å². The molecule has 0 spiro atoms. The third-order valence-corrected chi connectivity index (χ3v) is 3.41. The number of benzene rings is 1. The molecule has 0 aliphatic carbocycles. The lowest BCUT2D eigenvalue weighted by atomic mass is 10.1. The Morgan fingerprint density at radius 1 is 1.42 bits per heavy atom. The first-order valence-corrected chi connectivity index (χ1v) is 7.06. The molecule has 1 aromatic rings. The van der Waals surface area contributed by atoms with Crippen LogP contribution in [0.3, 0.4) is 0 Å². The molecule has 0 aromatic heterocycles. The highest BCUT2D eigenvalue weighted by Crippen LogP contribution is 2.13. The molecule has 4 nitrogen and oxygen atoms in total. The van der Waals surface area contributed by atoms with Gasteiger partial charge in [0.05, 0.1) is 5.92 Å². The highest BCUT2D eigenvalue weighted by Gasteiger charge is 2.15.